The zero-order valence-corrected chi connectivity index (χ0v) is 22.7. The molecule has 2 aromatic heterocycles. The average Bonchev–Trinajstić information content (AvgIpc) is 2.96. The van der Waals surface area contributed by atoms with Gasteiger partial charge < -0.3 is 14.1 Å². The van der Waals surface area contributed by atoms with Crippen LogP contribution >= 0.6 is 11.6 Å². The van der Waals surface area contributed by atoms with Crippen molar-refractivity contribution >= 4 is 17.5 Å². The monoisotopic (exact) mass is 554 g/mol. The molecule has 1 fully saturated rings. The van der Waals surface area contributed by atoms with Crippen molar-refractivity contribution < 1.29 is 13.9 Å². The molecule has 0 atom stereocenters. The molecule has 1 aliphatic rings. The maximum atomic E-state index is 12.9. The number of hydrogen-bond donors (Lipinski definition) is 0. The summed E-state index contributed by atoms with van der Waals surface area (Å²) in [5.41, 5.74) is 4.30. The number of aryl methyl sites for hydroxylation is 1. The van der Waals surface area contributed by atoms with Crippen LogP contribution in [0.5, 0.6) is 5.75 Å². The molecule has 1 saturated heterocycles. The van der Waals surface area contributed by atoms with Gasteiger partial charge in [0.2, 0.25) is 11.2 Å². The fourth-order valence-corrected chi connectivity index (χ4v) is 4.92. The van der Waals surface area contributed by atoms with Gasteiger partial charge in [-0.25, -0.2) is 4.98 Å². The van der Waals surface area contributed by atoms with Crippen LogP contribution in [0.4, 0.5) is 0 Å². The lowest BCUT2D eigenvalue weighted by atomic mass is 9.99. The van der Waals surface area contributed by atoms with Crippen molar-refractivity contribution in [2.75, 3.05) is 26.2 Å². The Morgan fingerprint density at radius 3 is 2.52 bits per heavy atom. The third-order valence-electron chi connectivity index (χ3n) is 6.77. The number of nitriles is 1. The minimum Gasteiger partial charge on any atom is -0.482 e. The lowest BCUT2D eigenvalue weighted by Crippen LogP contribution is -2.48. The van der Waals surface area contributed by atoms with Crippen LogP contribution in [0.15, 0.2) is 82.2 Å². The number of rotatable bonds is 7. The van der Waals surface area contributed by atoms with Gasteiger partial charge in [-0.15, -0.1) is 0 Å². The van der Waals surface area contributed by atoms with E-state index in [9.17, 15) is 14.9 Å². The van der Waals surface area contributed by atoms with Gasteiger partial charge in [0.05, 0.1) is 18.2 Å². The van der Waals surface area contributed by atoms with Crippen LogP contribution in [0.25, 0.3) is 11.1 Å². The van der Waals surface area contributed by atoms with E-state index in [-0.39, 0.29) is 23.7 Å². The van der Waals surface area contributed by atoms with Gasteiger partial charge in [-0.1, -0.05) is 54.1 Å². The molecule has 3 heterocycles. The molecule has 5 rings (SSSR count). The molecule has 0 saturated carbocycles. The minimum absolute atomic E-state index is 0.0679. The molecule has 0 N–H and O–H groups in total. The van der Waals surface area contributed by atoms with E-state index in [4.69, 9.17) is 20.8 Å². The Balaban J connectivity index is 1.13. The lowest BCUT2D eigenvalue weighted by molar-refractivity contribution is 0.0619. The van der Waals surface area contributed by atoms with Crippen molar-refractivity contribution in [3.05, 3.63) is 117 Å². The summed E-state index contributed by atoms with van der Waals surface area (Å²) in [5, 5.41) is 9.64. The number of pyridine rings is 1. The molecule has 9 heteroatoms. The fraction of sp³-hybridized carbons (Fsp3) is 0.226. The number of carbonyl (C=O) groups is 1. The van der Waals surface area contributed by atoms with E-state index in [0.717, 1.165) is 16.7 Å². The largest absolute Gasteiger partial charge is 0.482 e. The van der Waals surface area contributed by atoms with Crippen molar-refractivity contribution in [3.63, 3.8) is 0 Å². The Morgan fingerprint density at radius 2 is 1.82 bits per heavy atom. The summed E-state index contributed by atoms with van der Waals surface area (Å²) in [4.78, 5) is 33.6. The first kappa shape index (κ1) is 27.1. The SMILES string of the molecule is Cc1cc(C(=O)N2CCN(Cc3cc(=O)c(OCc4ccc(-c5ccccc5C#N)cc4)co3)CC2)cc(Cl)n1. The molecule has 0 unspecified atom stereocenters. The third kappa shape index (κ3) is 6.40. The molecule has 1 amide bonds. The van der Waals surface area contributed by atoms with Gasteiger partial charge in [-0.05, 0) is 41.8 Å². The molecule has 0 aliphatic carbocycles. The highest BCUT2D eigenvalue weighted by Crippen LogP contribution is 2.24. The molecule has 40 heavy (non-hydrogen) atoms. The van der Waals surface area contributed by atoms with Crippen molar-refractivity contribution in [2.24, 2.45) is 0 Å². The minimum atomic E-state index is -0.250. The van der Waals surface area contributed by atoms with Gasteiger partial charge in [0.15, 0.2) is 0 Å². The zero-order valence-electron chi connectivity index (χ0n) is 22.0. The van der Waals surface area contributed by atoms with Gasteiger partial charge in [-0.2, -0.15) is 5.26 Å². The lowest BCUT2D eigenvalue weighted by Gasteiger charge is -2.34. The highest BCUT2D eigenvalue weighted by molar-refractivity contribution is 6.29. The second kappa shape index (κ2) is 12.2. The Morgan fingerprint density at radius 1 is 1.07 bits per heavy atom. The Labute approximate surface area is 237 Å². The Bertz CT molecular complexity index is 1600. The second-order valence-corrected chi connectivity index (χ2v) is 9.99. The quantitative estimate of drug-likeness (QED) is 0.294. The summed E-state index contributed by atoms with van der Waals surface area (Å²) in [6.45, 7) is 4.90. The summed E-state index contributed by atoms with van der Waals surface area (Å²) in [5.74, 6) is 0.611. The molecule has 4 aromatic rings. The fourth-order valence-electron chi connectivity index (χ4n) is 4.66. The Kier molecular flexibility index (Phi) is 8.25. The van der Waals surface area contributed by atoms with Gasteiger partial charge in [0, 0.05) is 43.5 Å². The van der Waals surface area contributed by atoms with E-state index in [1.807, 2.05) is 42.5 Å². The van der Waals surface area contributed by atoms with Gasteiger partial charge >= 0.3 is 0 Å². The van der Waals surface area contributed by atoms with E-state index in [2.05, 4.69) is 16.0 Å². The number of halogens is 1. The molecule has 0 bridgehead atoms. The summed E-state index contributed by atoms with van der Waals surface area (Å²) < 4.78 is 11.4. The Hall–Kier alpha value is -4.45. The van der Waals surface area contributed by atoms with E-state index >= 15 is 0 Å². The van der Waals surface area contributed by atoms with Crippen molar-refractivity contribution in [3.8, 4) is 22.9 Å². The predicted molar refractivity (Wildman–Crippen MR) is 151 cm³/mol. The van der Waals surface area contributed by atoms with E-state index in [1.54, 1.807) is 30.0 Å². The van der Waals surface area contributed by atoms with E-state index < -0.39 is 0 Å². The number of hydrogen-bond acceptors (Lipinski definition) is 7. The average molecular weight is 555 g/mol. The molecule has 2 aromatic carbocycles. The molecule has 1 aliphatic heterocycles. The van der Waals surface area contributed by atoms with Crippen LogP contribution in [0.3, 0.4) is 0 Å². The molecular formula is C31H27ClN4O4. The van der Waals surface area contributed by atoms with Gasteiger partial charge in [0.25, 0.3) is 5.91 Å². The molecule has 202 valence electrons. The van der Waals surface area contributed by atoms with Gasteiger partial charge in [-0.3, -0.25) is 14.5 Å². The molecular weight excluding hydrogens is 528 g/mol. The summed E-state index contributed by atoms with van der Waals surface area (Å²) >= 11 is 6.01. The zero-order chi connectivity index (χ0) is 28.1. The van der Waals surface area contributed by atoms with Gasteiger partial charge in [0.1, 0.15) is 23.8 Å². The first-order chi connectivity index (χ1) is 19.4. The maximum Gasteiger partial charge on any atom is 0.254 e. The molecule has 8 nitrogen and oxygen atoms in total. The summed E-state index contributed by atoms with van der Waals surface area (Å²) in [6.07, 6.45) is 1.35. The first-order valence-electron chi connectivity index (χ1n) is 12.9. The van der Waals surface area contributed by atoms with Crippen LogP contribution in [0.1, 0.15) is 32.9 Å². The number of nitrogens with zero attached hydrogens (tertiary/aromatic N) is 4. The number of ether oxygens (including phenoxy) is 1. The molecule has 0 radical (unpaired) electrons. The van der Waals surface area contributed by atoms with Crippen LogP contribution in [0.2, 0.25) is 5.15 Å². The number of carbonyl (C=O) groups excluding carboxylic acids is 1. The highest BCUT2D eigenvalue weighted by atomic mass is 35.5. The predicted octanol–water partition coefficient (Wildman–Crippen LogP) is 5.07. The number of aromatic nitrogens is 1. The summed E-state index contributed by atoms with van der Waals surface area (Å²) in [6, 6.07) is 22.1. The summed E-state index contributed by atoms with van der Waals surface area (Å²) in [7, 11) is 0. The van der Waals surface area contributed by atoms with Crippen molar-refractivity contribution in [1.29, 1.82) is 5.26 Å². The van der Waals surface area contributed by atoms with Crippen LogP contribution in [0, 0.1) is 18.3 Å². The topological polar surface area (TPSA) is 99.7 Å². The van der Waals surface area contributed by atoms with E-state index in [0.29, 0.717) is 60.5 Å². The van der Waals surface area contributed by atoms with Crippen LogP contribution < -0.4 is 10.2 Å². The van der Waals surface area contributed by atoms with Crippen LogP contribution in [-0.4, -0.2) is 46.9 Å². The van der Waals surface area contributed by atoms with E-state index in [1.165, 1.54) is 12.3 Å². The maximum absolute atomic E-state index is 12.9. The molecule has 0 spiro atoms. The van der Waals surface area contributed by atoms with Crippen LogP contribution in [-0.2, 0) is 13.2 Å². The normalized spacial score (nSPS) is 13.6. The smallest absolute Gasteiger partial charge is 0.254 e. The number of amides is 1. The first-order valence-corrected chi connectivity index (χ1v) is 13.3. The number of benzene rings is 2. The second-order valence-electron chi connectivity index (χ2n) is 9.61. The third-order valence-corrected chi connectivity index (χ3v) is 6.96. The highest BCUT2D eigenvalue weighted by Gasteiger charge is 2.23. The number of piperazine rings is 1. The standard InChI is InChI=1S/C31H27ClN4O4/c1-21-14-25(15-30(32)34-21)31(38)36-12-10-35(11-13-36)18-26-16-28(37)29(20-39-26)40-19-22-6-8-23(9-7-22)27-5-3-2-4-24(27)17-33/h2-9,14-16,20H,10-13,18-19H2,1H3. The van der Waals surface area contributed by atoms with Crippen molar-refractivity contribution in [1.82, 2.24) is 14.8 Å². The van der Waals surface area contributed by atoms with Crippen molar-refractivity contribution in [2.45, 2.75) is 20.1 Å².